The van der Waals surface area contributed by atoms with Gasteiger partial charge in [-0.3, -0.25) is 0 Å². The number of rotatable bonds is 4. The predicted octanol–water partition coefficient (Wildman–Crippen LogP) is 2.46. The van der Waals surface area contributed by atoms with Crippen LogP contribution in [0.15, 0.2) is 18.3 Å². The lowest BCUT2D eigenvalue weighted by Crippen LogP contribution is -2.32. The Hall–Kier alpha value is -3.19. The van der Waals surface area contributed by atoms with E-state index in [1.807, 2.05) is 6.92 Å². The summed E-state index contributed by atoms with van der Waals surface area (Å²) in [7, 11) is 0. The topological polar surface area (TPSA) is 92.7 Å². The van der Waals surface area contributed by atoms with Crippen LogP contribution in [0.5, 0.6) is 0 Å². The highest BCUT2D eigenvalue weighted by atomic mass is 15.3. The van der Waals surface area contributed by atoms with Gasteiger partial charge < -0.3 is 9.80 Å². The molecule has 7 nitrogen and oxygen atoms in total. The second-order valence-electron chi connectivity index (χ2n) is 6.46. The van der Waals surface area contributed by atoms with E-state index in [1.54, 1.807) is 18.3 Å². The van der Waals surface area contributed by atoms with Gasteiger partial charge in [-0.15, -0.1) is 5.10 Å². The van der Waals surface area contributed by atoms with Crippen molar-refractivity contribution in [2.24, 2.45) is 0 Å². The number of aryl methyl sites for hydroxylation is 1. The summed E-state index contributed by atoms with van der Waals surface area (Å²) >= 11 is 0. The van der Waals surface area contributed by atoms with Gasteiger partial charge in [-0.05, 0) is 37.0 Å². The van der Waals surface area contributed by atoms with Crippen LogP contribution >= 0.6 is 0 Å². The van der Waals surface area contributed by atoms with Crippen molar-refractivity contribution in [2.75, 3.05) is 36.0 Å². The lowest BCUT2D eigenvalue weighted by molar-refractivity contribution is 0.768. The first-order chi connectivity index (χ1) is 13.2. The van der Waals surface area contributed by atoms with E-state index in [9.17, 15) is 10.5 Å². The lowest BCUT2D eigenvalue weighted by Gasteiger charge is -2.25. The van der Waals surface area contributed by atoms with Crippen LogP contribution in [-0.2, 0) is 12.8 Å². The fraction of sp³-hybridized carbons (Fsp3) is 0.450. The molecule has 0 aliphatic carbocycles. The minimum absolute atomic E-state index is 0.587. The third-order valence-corrected chi connectivity index (χ3v) is 4.94. The molecule has 3 heterocycles. The Morgan fingerprint density at radius 1 is 0.963 bits per heavy atom. The molecule has 3 rings (SSSR count). The highest BCUT2D eigenvalue weighted by Crippen LogP contribution is 2.25. The average Bonchev–Trinajstić information content (AvgIpc) is 2.98. The molecule has 0 saturated carbocycles. The van der Waals surface area contributed by atoms with E-state index in [1.165, 1.54) is 0 Å². The van der Waals surface area contributed by atoms with Crippen molar-refractivity contribution >= 4 is 11.6 Å². The maximum absolute atomic E-state index is 9.75. The van der Waals surface area contributed by atoms with Crippen molar-refractivity contribution in [3.8, 4) is 12.1 Å². The summed E-state index contributed by atoms with van der Waals surface area (Å²) in [4.78, 5) is 8.68. The third-order valence-electron chi connectivity index (χ3n) is 4.94. The minimum atomic E-state index is 0.587. The van der Waals surface area contributed by atoms with Crippen molar-refractivity contribution in [2.45, 2.75) is 33.1 Å². The van der Waals surface area contributed by atoms with Crippen molar-refractivity contribution in [1.82, 2.24) is 15.2 Å². The van der Waals surface area contributed by atoms with Crippen LogP contribution in [0.3, 0.4) is 0 Å². The van der Waals surface area contributed by atoms with Crippen molar-refractivity contribution < 1.29 is 0 Å². The summed E-state index contributed by atoms with van der Waals surface area (Å²) in [6.45, 7) is 7.12. The van der Waals surface area contributed by atoms with Crippen LogP contribution < -0.4 is 9.80 Å². The molecule has 2 aromatic heterocycles. The van der Waals surface area contributed by atoms with Crippen LogP contribution in [0, 0.1) is 22.7 Å². The van der Waals surface area contributed by atoms with E-state index in [2.05, 4.69) is 44.0 Å². The van der Waals surface area contributed by atoms with E-state index in [0.29, 0.717) is 23.5 Å². The van der Waals surface area contributed by atoms with E-state index in [0.717, 1.165) is 56.0 Å². The molecule has 7 heteroatoms. The van der Waals surface area contributed by atoms with Gasteiger partial charge in [0, 0.05) is 32.4 Å². The Morgan fingerprint density at radius 3 is 2.33 bits per heavy atom. The van der Waals surface area contributed by atoms with Crippen molar-refractivity contribution in [1.29, 1.82) is 10.5 Å². The molecular weight excluding hydrogens is 338 g/mol. The maximum Gasteiger partial charge on any atom is 0.169 e. The number of hydrogen-bond donors (Lipinski definition) is 0. The van der Waals surface area contributed by atoms with Gasteiger partial charge in [-0.25, -0.2) is 4.98 Å². The fourth-order valence-corrected chi connectivity index (χ4v) is 3.58. The van der Waals surface area contributed by atoms with E-state index in [4.69, 9.17) is 0 Å². The summed E-state index contributed by atoms with van der Waals surface area (Å²) < 4.78 is 0. The second-order valence-corrected chi connectivity index (χ2v) is 6.46. The summed E-state index contributed by atoms with van der Waals surface area (Å²) in [5, 5.41) is 27.9. The monoisotopic (exact) mass is 361 g/mol. The summed E-state index contributed by atoms with van der Waals surface area (Å²) in [5.74, 6) is 1.40. The quantitative estimate of drug-likeness (QED) is 0.826. The van der Waals surface area contributed by atoms with E-state index >= 15 is 0 Å². The molecule has 1 aliphatic rings. The average molecular weight is 361 g/mol. The van der Waals surface area contributed by atoms with E-state index in [-0.39, 0.29) is 0 Å². The summed E-state index contributed by atoms with van der Waals surface area (Å²) in [6, 6.07) is 8.15. The largest absolute Gasteiger partial charge is 0.354 e. The Bertz CT molecular complexity index is 894. The van der Waals surface area contributed by atoms with Crippen LogP contribution in [-0.4, -0.2) is 41.4 Å². The minimum Gasteiger partial charge on any atom is -0.354 e. The normalized spacial score (nSPS) is 14.4. The highest BCUT2D eigenvalue weighted by Gasteiger charge is 2.23. The molecule has 0 aromatic carbocycles. The van der Waals surface area contributed by atoms with Gasteiger partial charge in [-0.2, -0.15) is 15.6 Å². The Balaban J connectivity index is 1.87. The maximum atomic E-state index is 9.75. The molecule has 0 spiro atoms. The van der Waals surface area contributed by atoms with Gasteiger partial charge in [0.25, 0.3) is 0 Å². The molecule has 0 bridgehead atoms. The Kier molecular flexibility index (Phi) is 5.83. The van der Waals surface area contributed by atoms with Gasteiger partial charge in [0.2, 0.25) is 0 Å². The molecule has 1 aliphatic heterocycles. The molecule has 0 amide bonds. The Morgan fingerprint density at radius 2 is 1.70 bits per heavy atom. The summed E-state index contributed by atoms with van der Waals surface area (Å²) in [5.41, 5.74) is 3.14. The van der Waals surface area contributed by atoms with Gasteiger partial charge in [0.15, 0.2) is 5.82 Å². The van der Waals surface area contributed by atoms with Gasteiger partial charge in [0.05, 0.1) is 11.3 Å². The molecule has 0 unspecified atom stereocenters. The van der Waals surface area contributed by atoms with Crippen molar-refractivity contribution in [3.05, 3.63) is 40.7 Å². The number of anilines is 2. The smallest absolute Gasteiger partial charge is 0.169 e. The second kappa shape index (κ2) is 8.46. The first-order valence-corrected chi connectivity index (χ1v) is 9.37. The first kappa shape index (κ1) is 18.6. The zero-order chi connectivity index (χ0) is 19.2. The predicted molar refractivity (Wildman–Crippen MR) is 103 cm³/mol. The molecule has 2 aromatic rings. The van der Waals surface area contributed by atoms with Crippen LogP contribution in [0.1, 0.15) is 42.7 Å². The Labute approximate surface area is 159 Å². The molecule has 1 saturated heterocycles. The molecule has 0 radical (unpaired) electrons. The van der Waals surface area contributed by atoms with Gasteiger partial charge in [0.1, 0.15) is 23.5 Å². The molecule has 0 atom stereocenters. The van der Waals surface area contributed by atoms with Crippen molar-refractivity contribution in [3.63, 3.8) is 0 Å². The molecule has 27 heavy (non-hydrogen) atoms. The van der Waals surface area contributed by atoms with Crippen LogP contribution in [0.25, 0.3) is 0 Å². The van der Waals surface area contributed by atoms with Gasteiger partial charge >= 0.3 is 0 Å². The molecule has 0 N–H and O–H groups in total. The lowest BCUT2D eigenvalue weighted by atomic mass is 10.0. The SMILES string of the molecule is CCc1nnc(N2CCCN(c3ncccc3C#N)CC2)c(C#N)c1CC. The first-order valence-electron chi connectivity index (χ1n) is 9.37. The zero-order valence-corrected chi connectivity index (χ0v) is 15.8. The molecule has 1 fully saturated rings. The van der Waals surface area contributed by atoms with Gasteiger partial charge in [-0.1, -0.05) is 13.8 Å². The fourth-order valence-electron chi connectivity index (χ4n) is 3.58. The third kappa shape index (κ3) is 3.68. The standard InChI is InChI=1S/C20H23N7/c1-3-16-17(14-22)20(25-24-18(16)4-2)27-10-6-9-26(11-12-27)19-15(13-21)7-5-8-23-19/h5,7-8H,3-4,6,9-12H2,1-2H3. The van der Waals surface area contributed by atoms with Crippen LogP contribution in [0.2, 0.25) is 0 Å². The number of pyridine rings is 1. The van der Waals surface area contributed by atoms with Crippen LogP contribution in [0.4, 0.5) is 11.6 Å². The number of nitrogens with zero attached hydrogens (tertiary/aromatic N) is 7. The number of hydrogen-bond acceptors (Lipinski definition) is 7. The molecule has 138 valence electrons. The zero-order valence-electron chi connectivity index (χ0n) is 15.8. The number of nitriles is 2. The molecular formula is C20H23N7. The van der Waals surface area contributed by atoms with E-state index < -0.39 is 0 Å². The summed E-state index contributed by atoms with van der Waals surface area (Å²) in [6.07, 6.45) is 4.16. The number of aromatic nitrogens is 3. The highest BCUT2D eigenvalue weighted by molar-refractivity contribution is 5.59.